The van der Waals surface area contributed by atoms with Gasteiger partial charge in [-0.2, -0.15) is 9.61 Å². The normalized spacial score (nSPS) is 11.0. The molecule has 21 heavy (non-hydrogen) atoms. The molecule has 0 atom stereocenters. The van der Waals surface area contributed by atoms with Crippen LogP contribution in [0.4, 0.5) is 0 Å². The highest BCUT2D eigenvalue weighted by Crippen LogP contribution is 2.15. The molecule has 1 amide bonds. The Hall–Kier alpha value is -1.99. The van der Waals surface area contributed by atoms with E-state index >= 15 is 0 Å². The molecule has 108 valence electrons. The number of fused-ring (bicyclic) bond motifs is 1. The molecule has 0 saturated carbocycles. The molecule has 0 aliphatic heterocycles. The maximum Gasteiger partial charge on any atom is 0.252 e. The Balaban J connectivity index is 1.61. The molecule has 0 aliphatic rings. The van der Waals surface area contributed by atoms with Gasteiger partial charge in [0.15, 0.2) is 5.82 Å². The van der Waals surface area contributed by atoms with Crippen LogP contribution in [0.2, 0.25) is 5.02 Å². The molecule has 8 heteroatoms. The van der Waals surface area contributed by atoms with Gasteiger partial charge in [0.25, 0.3) is 5.91 Å². The molecule has 0 bridgehead atoms. The highest BCUT2D eigenvalue weighted by Gasteiger charge is 2.11. The summed E-state index contributed by atoms with van der Waals surface area (Å²) >= 11 is 7.45. The Bertz CT molecular complexity index is 797. The second-order valence-corrected chi connectivity index (χ2v) is 5.87. The Kier molecular flexibility index (Phi) is 3.85. The SMILES string of the molecule is Cc1nnc2sc(CCNC(=O)c3ccccc3Cl)nn12. The molecule has 2 heterocycles. The summed E-state index contributed by atoms with van der Waals surface area (Å²) in [6, 6.07) is 6.97. The van der Waals surface area contributed by atoms with E-state index in [0.29, 0.717) is 23.6 Å². The van der Waals surface area contributed by atoms with Gasteiger partial charge >= 0.3 is 0 Å². The van der Waals surface area contributed by atoms with Gasteiger partial charge in [0.05, 0.1) is 10.6 Å². The van der Waals surface area contributed by atoms with Crippen LogP contribution in [0.15, 0.2) is 24.3 Å². The van der Waals surface area contributed by atoms with Crippen molar-refractivity contribution in [3.8, 4) is 0 Å². The van der Waals surface area contributed by atoms with E-state index in [4.69, 9.17) is 11.6 Å². The average Bonchev–Trinajstić information content (AvgIpc) is 3.02. The van der Waals surface area contributed by atoms with E-state index in [1.807, 2.05) is 6.92 Å². The number of hydrogen-bond donors (Lipinski definition) is 1. The third kappa shape index (κ3) is 2.88. The van der Waals surface area contributed by atoms with E-state index in [1.54, 1.807) is 28.8 Å². The standard InChI is InChI=1S/C13H12ClN5OS/c1-8-16-17-13-19(8)18-11(21-13)6-7-15-12(20)9-4-2-3-5-10(9)14/h2-5H,6-7H2,1H3,(H,15,20). The molecule has 2 aromatic heterocycles. The predicted octanol–water partition coefficient (Wildman–Crippen LogP) is 2.12. The fraction of sp³-hybridized carbons (Fsp3) is 0.231. The third-order valence-electron chi connectivity index (χ3n) is 2.93. The number of hydrogen-bond acceptors (Lipinski definition) is 5. The van der Waals surface area contributed by atoms with Gasteiger partial charge in [0.1, 0.15) is 5.01 Å². The van der Waals surface area contributed by atoms with Crippen molar-refractivity contribution >= 4 is 33.8 Å². The molecule has 1 N–H and O–H groups in total. The van der Waals surface area contributed by atoms with Crippen LogP contribution in [0.25, 0.3) is 4.96 Å². The van der Waals surface area contributed by atoms with Gasteiger partial charge < -0.3 is 5.32 Å². The second kappa shape index (κ2) is 5.79. The van der Waals surface area contributed by atoms with Crippen LogP contribution < -0.4 is 5.32 Å². The maximum atomic E-state index is 12.0. The first-order chi connectivity index (χ1) is 10.1. The van der Waals surface area contributed by atoms with Crippen molar-refractivity contribution in [3.05, 3.63) is 45.7 Å². The highest BCUT2D eigenvalue weighted by atomic mass is 35.5. The van der Waals surface area contributed by atoms with Gasteiger partial charge in [0, 0.05) is 13.0 Å². The molecule has 3 rings (SSSR count). The number of carbonyl (C=O) groups excluding carboxylic acids is 1. The summed E-state index contributed by atoms with van der Waals surface area (Å²) in [6.45, 7) is 2.34. The first-order valence-corrected chi connectivity index (χ1v) is 7.55. The van der Waals surface area contributed by atoms with Crippen molar-refractivity contribution in [1.29, 1.82) is 0 Å². The number of nitrogens with zero attached hydrogens (tertiary/aromatic N) is 4. The summed E-state index contributed by atoms with van der Waals surface area (Å²) in [5, 5.41) is 16.5. The second-order valence-electron chi connectivity index (χ2n) is 4.42. The summed E-state index contributed by atoms with van der Waals surface area (Å²) in [5.74, 6) is 0.576. The van der Waals surface area contributed by atoms with Gasteiger partial charge in [-0.15, -0.1) is 10.2 Å². The molecule has 0 aliphatic carbocycles. The Morgan fingerprint density at radius 2 is 2.19 bits per heavy atom. The van der Waals surface area contributed by atoms with E-state index in [1.165, 1.54) is 11.3 Å². The largest absolute Gasteiger partial charge is 0.352 e. The summed E-state index contributed by atoms with van der Waals surface area (Å²) < 4.78 is 1.70. The van der Waals surface area contributed by atoms with E-state index in [0.717, 1.165) is 15.8 Å². The van der Waals surface area contributed by atoms with Gasteiger partial charge in [0.2, 0.25) is 4.96 Å². The number of aromatic nitrogens is 4. The van der Waals surface area contributed by atoms with Gasteiger partial charge in [-0.25, -0.2) is 0 Å². The molecule has 0 spiro atoms. The van der Waals surface area contributed by atoms with Crippen molar-refractivity contribution in [2.24, 2.45) is 0 Å². The lowest BCUT2D eigenvalue weighted by atomic mass is 10.2. The number of amides is 1. The van der Waals surface area contributed by atoms with Gasteiger partial charge in [-0.1, -0.05) is 35.1 Å². The molecule has 0 radical (unpaired) electrons. The van der Waals surface area contributed by atoms with Crippen LogP contribution in [-0.4, -0.2) is 32.3 Å². The average molecular weight is 322 g/mol. The predicted molar refractivity (Wildman–Crippen MR) is 80.9 cm³/mol. The van der Waals surface area contributed by atoms with Crippen molar-refractivity contribution in [2.75, 3.05) is 6.54 Å². The zero-order chi connectivity index (χ0) is 14.8. The molecular weight excluding hydrogens is 310 g/mol. The van der Waals surface area contributed by atoms with E-state index in [2.05, 4.69) is 20.6 Å². The van der Waals surface area contributed by atoms with Crippen LogP contribution in [0.1, 0.15) is 21.2 Å². The molecule has 3 aromatic rings. The highest BCUT2D eigenvalue weighted by molar-refractivity contribution is 7.16. The van der Waals surface area contributed by atoms with Crippen LogP contribution in [0.3, 0.4) is 0 Å². The Morgan fingerprint density at radius 3 is 2.95 bits per heavy atom. The number of rotatable bonds is 4. The number of carbonyl (C=O) groups is 1. The van der Waals surface area contributed by atoms with E-state index in [9.17, 15) is 4.79 Å². The summed E-state index contributed by atoms with van der Waals surface area (Å²) in [6.07, 6.45) is 0.643. The Morgan fingerprint density at radius 1 is 1.38 bits per heavy atom. The lowest BCUT2D eigenvalue weighted by Gasteiger charge is -2.05. The first-order valence-electron chi connectivity index (χ1n) is 6.35. The number of nitrogens with one attached hydrogen (secondary N) is 1. The van der Waals surface area contributed by atoms with Gasteiger partial charge in [-0.05, 0) is 19.1 Å². The van der Waals surface area contributed by atoms with Crippen LogP contribution in [0, 0.1) is 6.92 Å². The van der Waals surface area contributed by atoms with Crippen molar-refractivity contribution < 1.29 is 4.79 Å². The molecular formula is C13H12ClN5OS. The van der Waals surface area contributed by atoms with Crippen LogP contribution in [0.5, 0.6) is 0 Å². The van der Waals surface area contributed by atoms with E-state index < -0.39 is 0 Å². The summed E-state index contributed by atoms with van der Waals surface area (Å²) in [4.78, 5) is 12.8. The lowest BCUT2D eigenvalue weighted by Crippen LogP contribution is -2.25. The molecule has 0 saturated heterocycles. The first kappa shape index (κ1) is 14.0. The molecule has 0 fully saturated rings. The van der Waals surface area contributed by atoms with Gasteiger partial charge in [-0.3, -0.25) is 4.79 Å². The number of benzene rings is 1. The fourth-order valence-corrected chi connectivity index (χ4v) is 2.98. The summed E-state index contributed by atoms with van der Waals surface area (Å²) in [7, 11) is 0. The Labute approximate surface area is 129 Å². The minimum Gasteiger partial charge on any atom is -0.352 e. The van der Waals surface area contributed by atoms with Crippen molar-refractivity contribution in [3.63, 3.8) is 0 Å². The zero-order valence-electron chi connectivity index (χ0n) is 11.2. The zero-order valence-corrected chi connectivity index (χ0v) is 12.8. The molecule has 1 aromatic carbocycles. The smallest absolute Gasteiger partial charge is 0.252 e. The summed E-state index contributed by atoms with van der Waals surface area (Å²) in [5.41, 5.74) is 0.480. The molecule has 6 nitrogen and oxygen atoms in total. The maximum absolute atomic E-state index is 12.0. The molecule has 0 unspecified atom stereocenters. The minimum atomic E-state index is -0.181. The van der Waals surface area contributed by atoms with Crippen LogP contribution >= 0.6 is 22.9 Å². The third-order valence-corrected chi connectivity index (χ3v) is 4.22. The van der Waals surface area contributed by atoms with Crippen molar-refractivity contribution in [2.45, 2.75) is 13.3 Å². The minimum absolute atomic E-state index is 0.181. The lowest BCUT2D eigenvalue weighted by molar-refractivity contribution is 0.0954. The van der Waals surface area contributed by atoms with Crippen molar-refractivity contribution in [1.82, 2.24) is 25.1 Å². The van der Waals surface area contributed by atoms with Crippen LogP contribution in [-0.2, 0) is 6.42 Å². The number of halogens is 1. The fourth-order valence-electron chi connectivity index (χ4n) is 1.88. The monoisotopic (exact) mass is 321 g/mol. The topological polar surface area (TPSA) is 72.2 Å². The quantitative estimate of drug-likeness (QED) is 0.799. The number of aryl methyl sites for hydroxylation is 1. The van der Waals surface area contributed by atoms with E-state index in [-0.39, 0.29) is 5.91 Å².